The van der Waals surface area contributed by atoms with Crippen molar-refractivity contribution >= 4 is 5.91 Å². The van der Waals surface area contributed by atoms with Crippen molar-refractivity contribution in [3.05, 3.63) is 66.1 Å². The number of hydrogen-bond donors (Lipinski definition) is 1. The van der Waals surface area contributed by atoms with E-state index in [0.29, 0.717) is 31.6 Å². The van der Waals surface area contributed by atoms with E-state index in [4.69, 9.17) is 9.47 Å². The first-order chi connectivity index (χ1) is 15.5. The van der Waals surface area contributed by atoms with Gasteiger partial charge in [0.2, 0.25) is 0 Å². The number of ether oxygens (including phenoxy) is 2. The molecule has 1 fully saturated rings. The topological polar surface area (TPSA) is 76.8 Å². The molecule has 1 aromatic heterocycles. The number of nitrogens with zero attached hydrogens (tertiary/aromatic N) is 3. The van der Waals surface area contributed by atoms with Crippen molar-refractivity contribution in [1.29, 1.82) is 0 Å². The zero-order chi connectivity index (χ0) is 22.7. The van der Waals surface area contributed by atoms with Gasteiger partial charge in [0.25, 0.3) is 5.91 Å². The Morgan fingerprint density at radius 3 is 2.56 bits per heavy atom. The van der Waals surface area contributed by atoms with Crippen LogP contribution in [0.15, 0.2) is 54.6 Å². The maximum Gasteiger partial charge on any atom is 0.274 e. The Morgan fingerprint density at radius 2 is 1.84 bits per heavy atom. The standard InChI is InChI=1S/C24H26FN3O4/c1-27-20(16-7-9-17(31-2)10-8-16)15-19(26-27)24(30)28-13-11-21(29)23(12-14-28)32-22-6-4-3-5-18(22)25/h3-10,15,21,23,29H,11-14H2,1-2H3/t21-,23-/m0/s1. The molecule has 0 radical (unpaired) electrons. The number of methoxy groups -OCH3 is 1. The summed E-state index contributed by atoms with van der Waals surface area (Å²) in [6.45, 7) is 0.745. The molecular weight excluding hydrogens is 413 g/mol. The number of amides is 1. The van der Waals surface area contributed by atoms with E-state index in [1.165, 1.54) is 12.1 Å². The third-order valence-corrected chi connectivity index (χ3v) is 5.69. The quantitative estimate of drug-likeness (QED) is 0.660. The van der Waals surface area contributed by atoms with Gasteiger partial charge in [-0.05, 0) is 48.9 Å². The molecule has 1 aliphatic heterocycles. The smallest absolute Gasteiger partial charge is 0.274 e. The SMILES string of the molecule is COc1ccc(-c2cc(C(=O)N3CC[C@H](Oc4ccccc4F)[C@@H](O)CC3)nn2C)cc1. The highest BCUT2D eigenvalue weighted by Crippen LogP contribution is 2.25. The van der Waals surface area contributed by atoms with Crippen LogP contribution in [0.2, 0.25) is 0 Å². The number of aryl methyl sites for hydroxylation is 1. The average Bonchev–Trinajstić information content (AvgIpc) is 3.10. The molecule has 0 bridgehead atoms. The molecule has 4 rings (SSSR count). The Bertz CT molecular complexity index is 1080. The first-order valence-electron chi connectivity index (χ1n) is 10.5. The van der Waals surface area contributed by atoms with Crippen LogP contribution in [0.25, 0.3) is 11.3 Å². The Morgan fingerprint density at radius 1 is 1.12 bits per heavy atom. The van der Waals surface area contributed by atoms with E-state index in [1.807, 2.05) is 24.3 Å². The van der Waals surface area contributed by atoms with Gasteiger partial charge in [0.15, 0.2) is 17.3 Å². The zero-order valence-corrected chi connectivity index (χ0v) is 18.1. The fourth-order valence-electron chi connectivity index (χ4n) is 3.87. The van der Waals surface area contributed by atoms with Gasteiger partial charge in [0.1, 0.15) is 11.9 Å². The number of rotatable bonds is 5. The first kappa shape index (κ1) is 21.8. The summed E-state index contributed by atoms with van der Waals surface area (Å²) in [5.41, 5.74) is 2.07. The number of aromatic nitrogens is 2. The average molecular weight is 439 g/mol. The Balaban J connectivity index is 1.46. The fourth-order valence-corrected chi connectivity index (χ4v) is 3.87. The van der Waals surface area contributed by atoms with Crippen LogP contribution in [0.3, 0.4) is 0 Å². The van der Waals surface area contributed by atoms with E-state index in [0.717, 1.165) is 17.0 Å². The molecule has 0 saturated carbocycles. The fraction of sp³-hybridized carbons (Fsp3) is 0.333. The Kier molecular flexibility index (Phi) is 6.41. The van der Waals surface area contributed by atoms with Gasteiger partial charge >= 0.3 is 0 Å². The lowest BCUT2D eigenvalue weighted by Gasteiger charge is -2.21. The molecule has 1 aliphatic rings. The second-order valence-electron chi connectivity index (χ2n) is 7.79. The summed E-state index contributed by atoms with van der Waals surface area (Å²) in [6, 6.07) is 15.4. The summed E-state index contributed by atoms with van der Waals surface area (Å²) in [6.07, 6.45) is -0.670. The van der Waals surface area contributed by atoms with E-state index in [-0.39, 0.29) is 11.7 Å². The van der Waals surface area contributed by atoms with Crippen LogP contribution in [-0.4, -0.2) is 58.1 Å². The van der Waals surface area contributed by atoms with Gasteiger partial charge in [0, 0.05) is 32.1 Å². The molecule has 0 spiro atoms. The molecule has 2 heterocycles. The largest absolute Gasteiger partial charge is 0.497 e. The summed E-state index contributed by atoms with van der Waals surface area (Å²) in [5, 5.41) is 14.9. The third-order valence-electron chi connectivity index (χ3n) is 5.69. The second-order valence-corrected chi connectivity index (χ2v) is 7.79. The van der Waals surface area contributed by atoms with Gasteiger partial charge < -0.3 is 19.5 Å². The minimum Gasteiger partial charge on any atom is -0.497 e. The normalized spacial score (nSPS) is 18.8. The van der Waals surface area contributed by atoms with E-state index in [2.05, 4.69) is 5.10 Å². The Hall–Kier alpha value is -3.39. The summed E-state index contributed by atoms with van der Waals surface area (Å²) in [4.78, 5) is 14.8. The maximum atomic E-state index is 13.9. The van der Waals surface area contributed by atoms with Crippen LogP contribution in [0.1, 0.15) is 23.3 Å². The lowest BCUT2D eigenvalue weighted by atomic mass is 10.1. The number of aliphatic hydroxyl groups is 1. The number of carbonyl (C=O) groups excluding carboxylic acids is 1. The minimum atomic E-state index is -0.800. The number of likely N-dealkylation sites (tertiary alicyclic amines) is 1. The molecule has 2 aromatic carbocycles. The molecule has 1 amide bonds. The van der Waals surface area contributed by atoms with Crippen molar-refractivity contribution in [2.45, 2.75) is 25.0 Å². The molecule has 168 valence electrons. The van der Waals surface area contributed by atoms with Crippen LogP contribution in [0.5, 0.6) is 11.5 Å². The predicted octanol–water partition coefficient (Wildman–Crippen LogP) is 3.28. The van der Waals surface area contributed by atoms with Gasteiger partial charge in [-0.25, -0.2) is 4.39 Å². The van der Waals surface area contributed by atoms with Crippen molar-refractivity contribution in [1.82, 2.24) is 14.7 Å². The van der Waals surface area contributed by atoms with Crippen LogP contribution in [-0.2, 0) is 7.05 Å². The van der Waals surface area contributed by atoms with Gasteiger partial charge in [-0.15, -0.1) is 0 Å². The van der Waals surface area contributed by atoms with Gasteiger partial charge in [-0.1, -0.05) is 12.1 Å². The highest BCUT2D eigenvalue weighted by molar-refractivity contribution is 5.93. The molecule has 8 heteroatoms. The highest BCUT2D eigenvalue weighted by atomic mass is 19.1. The van der Waals surface area contributed by atoms with Crippen molar-refractivity contribution in [2.24, 2.45) is 7.05 Å². The summed E-state index contributed by atoms with van der Waals surface area (Å²) < 4.78 is 26.5. The number of halogens is 1. The number of hydrogen-bond acceptors (Lipinski definition) is 5. The molecule has 2 atom stereocenters. The molecule has 0 unspecified atom stereocenters. The van der Waals surface area contributed by atoms with Crippen LogP contribution >= 0.6 is 0 Å². The van der Waals surface area contributed by atoms with E-state index in [9.17, 15) is 14.3 Å². The maximum absolute atomic E-state index is 13.9. The molecular formula is C24H26FN3O4. The van der Waals surface area contributed by atoms with Crippen molar-refractivity contribution in [3.8, 4) is 22.8 Å². The number of aliphatic hydroxyl groups excluding tert-OH is 1. The number of para-hydroxylation sites is 1. The van der Waals surface area contributed by atoms with E-state index < -0.39 is 18.0 Å². The summed E-state index contributed by atoms with van der Waals surface area (Å²) in [5.74, 6) is 0.170. The highest BCUT2D eigenvalue weighted by Gasteiger charge is 2.30. The van der Waals surface area contributed by atoms with Crippen molar-refractivity contribution < 1.29 is 23.8 Å². The second kappa shape index (κ2) is 9.40. The monoisotopic (exact) mass is 439 g/mol. The van der Waals surface area contributed by atoms with Crippen molar-refractivity contribution in [3.63, 3.8) is 0 Å². The van der Waals surface area contributed by atoms with Gasteiger partial charge in [-0.2, -0.15) is 5.10 Å². The first-order valence-corrected chi connectivity index (χ1v) is 10.5. The number of carbonyl (C=O) groups is 1. The third kappa shape index (κ3) is 4.60. The van der Waals surface area contributed by atoms with Crippen LogP contribution < -0.4 is 9.47 Å². The molecule has 32 heavy (non-hydrogen) atoms. The zero-order valence-electron chi connectivity index (χ0n) is 18.1. The van der Waals surface area contributed by atoms with E-state index in [1.54, 1.807) is 41.9 Å². The van der Waals surface area contributed by atoms with Crippen molar-refractivity contribution in [2.75, 3.05) is 20.2 Å². The van der Waals surface area contributed by atoms with E-state index >= 15 is 0 Å². The predicted molar refractivity (Wildman–Crippen MR) is 117 cm³/mol. The summed E-state index contributed by atoms with van der Waals surface area (Å²) in [7, 11) is 3.40. The molecule has 3 aromatic rings. The van der Waals surface area contributed by atoms with Crippen LogP contribution in [0, 0.1) is 5.82 Å². The van der Waals surface area contributed by atoms with Gasteiger partial charge in [-0.3, -0.25) is 9.48 Å². The van der Waals surface area contributed by atoms with Crippen LogP contribution in [0.4, 0.5) is 4.39 Å². The molecule has 1 saturated heterocycles. The molecule has 1 N–H and O–H groups in total. The Labute approximate surface area is 186 Å². The van der Waals surface area contributed by atoms with Gasteiger partial charge in [0.05, 0.1) is 18.9 Å². The number of benzene rings is 2. The lowest BCUT2D eigenvalue weighted by molar-refractivity contribution is 0.0328. The minimum absolute atomic E-state index is 0.102. The molecule has 7 nitrogen and oxygen atoms in total. The molecule has 0 aliphatic carbocycles. The lowest BCUT2D eigenvalue weighted by Crippen LogP contribution is -2.33. The summed E-state index contributed by atoms with van der Waals surface area (Å²) >= 11 is 0.